The topological polar surface area (TPSA) is 216 Å². The molecule has 0 spiro atoms. The predicted molar refractivity (Wildman–Crippen MR) is 57.3 cm³/mol. The van der Waals surface area contributed by atoms with Crippen LogP contribution in [0.2, 0.25) is 0 Å². The highest BCUT2D eigenvalue weighted by atomic mass is 16.4. The molecule has 0 aromatic rings. The Balaban J connectivity index is 4.83. The molecule has 0 heterocycles. The number of aliphatic carboxylic acids is 2. The lowest BCUT2D eigenvalue weighted by Gasteiger charge is -2.30. The van der Waals surface area contributed by atoms with Gasteiger partial charge in [0, 0.05) is 0 Å². The van der Waals surface area contributed by atoms with Crippen molar-refractivity contribution >= 4 is 11.9 Å². The second-order valence-corrected chi connectivity index (χ2v) is 4.02. The number of hydrogen-bond donors (Lipinski definition) is 9. The van der Waals surface area contributed by atoms with E-state index in [4.69, 9.17) is 20.4 Å². The Bertz CT molecular complexity index is 313. The van der Waals surface area contributed by atoms with Gasteiger partial charge in [0.2, 0.25) is 0 Å². The molecule has 0 aliphatic rings. The molecule has 0 radical (unpaired) electrons. The second-order valence-electron chi connectivity index (χ2n) is 4.02. The Morgan fingerprint density at radius 3 is 0.900 bits per heavy atom. The van der Waals surface area contributed by atoms with Gasteiger partial charge in [0.15, 0.2) is 12.2 Å². The van der Waals surface area contributed by atoms with Gasteiger partial charge in [-0.25, -0.2) is 9.59 Å². The van der Waals surface area contributed by atoms with E-state index in [1.807, 2.05) is 0 Å². The van der Waals surface area contributed by atoms with Gasteiger partial charge in [-0.05, 0) is 0 Å². The van der Waals surface area contributed by atoms with Crippen molar-refractivity contribution in [3.05, 3.63) is 0 Å². The lowest BCUT2D eigenvalue weighted by atomic mass is 9.94. The molecule has 7 atom stereocenters. The van der Waals surface area contributed by atoms with Crippen LogP contribution in [0, 0.1) is 0 Å². The summed E-state index contributed by atoms with van der Waals surface area (Å²) in [5.41, 5.74) is 0. The van der Waals surface area contributed by atoms with E-state index in [0.29, 0.717) is 0 Å². The number of rotatable bonds is 8. The van der Waals surface area contributed by atoms with Gasteiger partial charge in [0.25, 0.3) is 0 Å². The van der Waals surface area contributed by atoms with Crippen molar-refractivity contribution in [3.63, 3.8) is 0 Å². The van der Waals surface area contributed by atoms with E-state index in [1.54, 1.807) is 0 Å². The van der Waals surface area contributed by atoms with E-state index < -0.39 is 54.7 Å². The Labute approximate surface area is 111 Å². The van der Waals surface area contributed by atoms with Crippen LogP contribution in [0.1, 0.15) is 0 Å². The summed E-state index contributed by atoms with van der Waals surface area (Å²) >= 11 is 0. The third-order valence-electron chi connectivity index (χ3n) is 2.55. The zero-order valence-electron chi connectivity index (χ0n) is 9.88. The quantitative estimate of drug-likeness (QED) is 0.206. The van der Waals surface area contributed by atoms with Gasteiger partial charge in [0.05, 0.1) is 0 Å². The first-order chi connectivity index (χ1) is 9.02. The zero-order chi connectivity index (χ0) is 16.2. The van der Waals surface area contributed by atoms with Crippen molar-refractivity contribution in [3.8, 4) is 0 Å². The van der Waals surface area contributed by atoms with E-state index >= 15 is 0 Å². The van der Waals surface area contributed by atoms with Crippen LogP contribution in [0.3, 0.4) is 0 Å². The minimum atomic E-state index is -2.49. The maximum Gasteiger partial charge on any atom is 0.335 e. The average molecular weight is 300 g/mol. The Hall–Kier alpha value is -1.34. The maximum absolute atomic E-state index is 10.3. The molecule has 1 unspecified atom stereocenters. The maximum atomic E-state index is 10.3. The van der Waals surface area contributed by atoms with Gasteiger partial charge in [0.1, 0.15) is 30.5 Å². The molecular formula is C9H16O11. The third kappa shape index (κ3) is 4.35. The lowest BCUT2D eigenvalue weighted by molar-refractivity contribution is -0.184. The molecule has 9 N–H and O–H groups in total. The van der Waals surface area contributed by atoms with Crippen molar-refractivity contribution in [2.24, 2.45) is 0 Å². The number of carboxylic acid groups (broad SMARTS) is 2. The Kier molecular flexibility index (Phi) is 6.95. The number of hydrogen-bond acceptors (Lipinski definition) is 9. The molecule has 0 rings (SSSR count). The smallest absolute Gasteiger partial charge is 0.335 e. The summed E-state index contributed by atoms with van der Waals surface area (Å²) in [5.74, 6) is -3.85. The van der Waals surface area contributed by atoms with Gasteiger partial charge in [-0.2, -0.15) is 0 Å². The van der Waals surface area contributed by atoms with Crippen molar-refractivity contribution in [2.45, 2.75) is 42.7 Å². The summed E-state index contributed by atoms with van der Waals surface area (Å²) in [7, 11) is 0. The van der Waals surface area contributed by atoms with E-state index in [9.17, 15) is 35.1 Å². The van der Waals surface area contributed by atoms with Crippen LogP contribution < -0.4 is 0 Å². The number of carbonyl (C=O) groups is 2. The highest BCUT2D eigenvalue weighted by Gasteiger charge is 2.42. The zero-order valence-corrected chi connectivity index (χ0v) is 9.88. The monoisotopic (exact) mass is 300 g/mol. The van der Waals surface area contributed by atoms with Crippen molar-refractivity contribution in [1.82, 2.24) is 0 Å². The predicted octanol–water partition coefficient (Wildman–Crippen LogP) is -5.32. The molecule has 0 saturated heterocycles. The van der Waals surface area contributed by atoms with Crippen LogP contribution in [0.4, 0.5) is 0 Å². The molecule has 0 bridgehead atoms. The van der Waals surface area contributed by atoms with Crippen LogP contribution >= 0.6 is 0 Å². The number of aliphatic hydroxyl groups is 7. The number of carboxylic acids is 2. The van der Waals surface area contributed by atoms with Gasteiger partial charge in [-0.15, -0.1) is 0 Å². The molecule has 0 aromatic heterocycles. The van der Waals surface area contributed by atoms with Gasteiger partial charge in [-0.3, -0.25) is 0 Å². The first-order valence-corrected chi connectivity index (χ1v) is 5.24. The van der Waals surface area contributed by atoms with Crippen molar-refractivity contribution < 1.29 is 55.5 Å². The molecule has 0 saturated carbocycles. The molecule has 118 valence electrons. The first kappa shape index (κ1) is 18.7. The van der Waals surface area contributed by atoms with Crippen molar-refractivity contribution in [2.75, 3.05) is 0 Å². The lowest BCUT2D eigenvalue weighted by Crippen LogP contribution is -2.56. The summed E-state index contributed by atoms with van der Waals surface area (Å²) in [4.78, 5) is 20.7. The minimum Gasteiger partial charge on any atom is -0.479 e. The SMILES string of the molecule is O=C(O)[C@@H](O)[C@@H](O)[C@H](O)C(O)[C@@H](O)[C@H](O)[C@@H](O)C(=O)O. The fraction of sp³-hybridized carbons (Fsp3) is 0.778. The molecule has 0 fully saturated rings. The largest absolute Gasteiger partial charge is 0.479 e. The first-order valence-electron chi connectivity index (χ1n) is 5.24. The second kappa shape index (κ2) is 7.44. The van der Waals surface area contributed by atoms with Gasteiger partial charge >= 0.3 is 11.9 Å². The number of aliphatic hydroxyl groups excluding tert-OH is 7. The summed E-state index contributed by atoms with van der Waals surface area (Å²) in [6.45, 7) is 0. The van der Waals surface area contributed by atoms with Crippen LogP contribution in [0.5, 0.6) is 0 Å². The fourth-order valence-electron chi connectivity index (χ4n) is 1.27. The summed E-state index contributed by atoms with van der Waals surface area (Å²) in [6.07, 6.45) is -17.1. The molecule has 11 heteroatoms. The molecule has 0 amide bonds. The Morgan fingerprint density at radius 2 is 0.700 bits per heavy atom. The normalized spacial score (nSPS) is 22.1. The minimum absolute atomic E-state index is 1.93. The Morgan fingerprint density at radius 1 is 0.500 bits per heavy atom. The highest BCUT2D eigenvalue weighted by molar-refractivity contribution is 5.73. The third-order valence-corrected chi connectivity index (χ3v) is 2.55. The molecular weight excluding hydrogens is 284 g/mol. The molecule has 0 aromatic carbocycles. The highest BCUT2D eigenvalue weighted by Crippen LogP contribution is 2.13. The van der Waals surface area contributed by atoms with E-state index in [2.05, 4.69) is 0 Å². The van der Waals surface area contributed by atoms with E-state index in [1.165, 1.54) is 0 Å². The van der Waals surface area contributed by atoms with Gasteiger partial charge in [-0.1, -0.05) is 0 Å². The van der Waals surface area contributed by atoms with Crippen LogP contribution in [0.15, 0.2) is 0 Å². The fourth-order valence-corrected chi connectivity index (χ4v) is 1.27. The average Bonchev–Trinajstić information content (AvgIpc) is 2.40. The van der Waals surface area contributed by atoms with Crippen LogP contribution in [-0.2, 0) is 9.59 Å². The van der Waals surface area contributed by atoms with Gasteiger partial charge < -0.3 is 46.0 Å². The molecule has 0 aliphatic carbocycles. The van der Waals surface area contributed by atoms with Crippen molar-refractivity contribution in [1.29, 1.82) is 0 Å². The summed E-state index contributed by atoms with van der Waals surface area (Å²) in [5, 5.41) is 81.0. The van der Waals surface area contributed by atoms with E-state index in [0.717, 1.165) is 0 Å². The van der Waals surface area contributed by atoms with Crippen LogP contribution in [0.25, 0.3) is 0 Å². The molecule has 20 heavy (non-hydrogen) atoms. The summed E-state index contributed by atoms with van der Waals surface area (Å²) in [6, 6.07) is 0. The summed E-state index contributed by atoms with van der Waals surface area (Å²) < 4.78 is 0. The molecule has 0 aliphatic heterocycles. The van der Waals surface area contributed by atoms with E-state index in [-0.39, 0.29) is 0 Å². The van der Waals surface area contributed by atoms with Crippen LogP contribution in [-0.4, -0.2) is 101 Å². The standard InChI is InChI=1S/C9H16O11/c10-1(2(11)4(13)6(15)8(17)18)3(12)5(14)7(16)9(19)20/h1-7,10-16H,(H,17,18)(H,19,20)/t1?,2-,3-,4+,5+,6-,7+/m1/s1. The molecule has 11 nitrogen and oxygen atoms in total.